The maximum Gasteiger partial charge on any atom is 0.0790 e. The van der Waals surface area contributed by atoms with Crippen molar-refractivity contribution >= 4 is 0 Å². The van der Waals surface area contributed by atoms with Gasteiger partial charge in [0.05, 0.1) is 6.10 Å². The minimum atomic E-state index is -1.60. The van der Waals surface area contributed by atoms with Gasteiger partial charge in [0.2, 0.25) is 0 Å². The SMILES string of the molecule is [2H]C([2H])(CC)C(O)c1cccc(C#CC2CCCCC2)c1. The highest BCUT2D eigenvalue weighted by Gasteiger charge is 2.10. The van der Waals surface area contributed by atoms with Gasteiger partial charge >= 0.3 is 0 Å². The van der Waals surface area contributed by atoms with Crippen LogP contribution in [-0.2, 0) is 0 Å². The van der Waals surface area contributed by atoms with E-state index in [4.69, 9.17) is 2.74 Å². The summed E-state index contributed by atoms with van der Waals surface area (Å²) in [4.78, 5) is 0. The van der Waals surface area contributed by atoms with Gasteiger partial charge in [0.15, 0.2) is 0 Å². The molecule has 0 radical (unpaired) electrons. The van der Waals surface area contributed by atoms with E-state index in [0.717, 1.165) is 5.56 Å². The second kappa shape index (κ2) is 7.36. The van der Waals surface area contributed by atoms with Gasteiger partial charge in [0.1, 0.15) is 0 Å². The van der Waals surface area contributed by atoms with Gasteiger partial charge in [-0.1, -0.05) is 56.6 Å². The largest absolute Gasteiger partial charge is 0.388 e. The summed E-state index contributed by atoms with van der Waals surface area (Å²) in [6.45, 7) is 1.75. The third-order valence-corrected chi connectivity index (χ3v) is 3.63. The Morgan fingerprint density at radius 3 is 2.89 bits per heavy atom. The number of hydrogen-bond donors (Lipinski definition) is 1. The van der Waals surface area contributed by atoms with Crippen LogP contribution in [0.2, 0.25) is 0 Å². The van der Waals surface area contributed by atoms with Gasteiger partial charge in [0.25, 0.3) is 0 Å². The molecule has 1 nitrogen and oxygen atoms in total. The standard InChI is InChI=1S/C18H24O/c1-2-7-18(19)17-11-6-10-16(14-17)13-12-15-8-4-3-5-9-15/h6,10-11,14-15,18-19H,2-5,7-9H2,1H3/i7D2. The highest BCUT2D eigenvalue weighted by atomic mass is 16.3. The maximum absolute atomic E-state index is 10.2. The average molecular weight is 258 g/mol. The van der Waals surface area contributed by atoms with Crippen molar-refractivity contribution < 1.29 is 7.85 Å². The molecule has 1 fully saturated rings. The van der Waals surface area contributed by atoms with Crippen molar-refractivity contribution in [2.45, 2.75) is 57.9 Å². The molecule has 0 bridgehead atoms. The fourth-order valence-corrected chi connectivity index (χ4v) is 2.53. The minimum Gasteiger partial charge on any atom is -0.388 e. The topological polar surface area (TPSA) is 20.2 Å². The lowest BCUT2D eigenvalue weighted by molar-refractivity contribution is 0.166. The summed E-state index contributed by atoms with van der Waals surface area (Å²) >= 11 is 0. The molecule has 1 aromatic rings. The van der Waals surface area contributed by atoms with Crippen LogP contribution in [0.5, 0.6) is 0 Å². The Morgan fingerprint density at radius 2 is 2.16 bits per heavy atom. The summed E-state index contributed by atoms with van der Waals surface area (Å²) in [7, 11) is 0. The van der Waals surface area contributed by atoms with E-state index in [-0.39, 0.29) is 6.42 Å². The van der Waals surface area contributed by atoms with Gasteiger partial charge < -0.3 is 5.11 Å². The predicted molar refractivity (Wildman–Crippen MR) is 79.8 cm³/mol. The molecule has 0 aromatic heterocycles. The molecule has 1 heteroatoms. The fraction of sp³-hybridized carbons (Fsp3) is 0.556. The monoisotopic (exact) mass is 258 g/mol. The van der Waals surface area contributed by atoms with Crippen molar-refractivity contribution in [3.8, 4) is 11.8 Å². The van der Waals surface area contributed by atoms with Crippen LogP contribution in [0, 0.1) is 17.8 Å². The van der Waals surface area contributed by atoms with E-state index in [1.807, 2.05) is 18.2 Å². The average Bonchev–Trinajstić information content (AvgIpc) is 2.53. The summed E-state index contributed by atoms with van der Waals surface area (Å²) < 4.78 is 15.7. The Labute approximate surface area is 119 Å². The second-order valence-corrected chi connectivity index (χ2v) is 5.19. The van der Waals surface area contributed by atoms with Crippen LogP contribution >= 0.6 is 0 Å². The third-order valence-electron chi connectivity index (χ3n) is 3.63. The molecular formula is C18H24O. The highest BCUT2D eigenvalue weighted by Crippen LogP contribution is 2.23. The Kier molecular flexibility index (Phi) is 4.48. The number of rotatable bonds is 3. The fourth-order valence-electron chi connectivity index (χ4n) is 2.53. The van der Waals surface area contributed by atoms with Crippen molar-refractivity contribution in [2.24, 2.45) is 5.92 Å². The van der Waals surface area contributed by atoms with Crippen molar-refractivity contribution in [3.63, 3.8) is 0 Å². The zero-order valence-corrected chi connectivity index (χ0v) is 11.7. The quantitative estimate of drug-likeness (QED) is 0.794. The lowest BCUT2D eigenvalue weighted by Gasteiger charge is -2.15. The van der Waals surface area contributed by atoms with Crippen LogP contribution in [-0.4, -0.2) is 5.11 Å². The van der Waals surface area contributed by atoms with Crippen LogP contribution in [0.3, 0.4) is 0 Å². The van der Waals surface area contributed by atoms with Gasteiger partial charge in [-0.2, -0.15) is 0 Å². The number of aliphatic hydroxyl groups excluding tert-OH is 1. The molecule has 1 aliphatic carbocycles. The lowest BCUT2D eigenvalue weighted by atomic mass is 9.89. The first-order valence-electron chi connectivity index (χ1n) is 8.32. The summed E-state index contributed by atoms with van der Waals surface area (Å²) in [5, 5.41) is 10.2. The summed E-state index contributed by atoms with van der Waals surface area (Å²) in [5.74, 6) is 7.02. The van der Waals surface area contributed by atoms with Crippen LogP contribution in [0.1, 0.15) is 71.8 Å². The predicted octanol–water partition coefficient (Wildman–Crippen LogP) is 4.45. The van der Waals surface area contributed by atoms with Crippen LogP contribution < -0.4 is 0 Å². The van der Waals surface area contributed by atoms with E-state index >= 15 is 0 Å². The van der Waals surface area contributed by atoms with Crippen molar-refractivity contribution in [1.29, 1.82) is 0 Å². The van der Waals surface area contributed by atoms with Crippen molar-refractivity contribution in [2.75, 3.05) is 0 Å². The van der Waals surface area contributed by atoms with E-state index < -0.39 is 12.5 Å². The maximum atomic E-state index is 10.2. The van der Waals surface area contributed by atoms with Gasteiger partial charge in [0, 0.05) is 14.2 Å². The molecule has 1 aromatic carbocycles. The molecule has 0 heterocycles. The molecule has 1 N–H and O–H groups in total. The molecule has 2 rings (SSSR count). The summed E-state index contributed by atoms with van der Waals surface area (Å²) in [5.41, 5.74) is 1.47. The lowest BCUT2D eigenvalue weighted by Crippen LogP contribution is -2.03. The molecular weight excluding hydrogens is 232 g/mol. The molecule has 1 unspecified atom stereocenters. The zero-order chi connectivity index (χ0) is 15.3. The van der Waals surface area contributed by atoms with E-state index in [0.29, 0.717) is 11.5 Å². The Morgan fingerprint density at radius 1 is 1.37 bits per heavy atom. The van der Waals surface area contributed by atoms with Gasteiger partial charge in [-0.05, 0) is 36.9 Å². The molecule has 0 aliphatic heterocycles. The first-order valence-corrected chi connectivity index (χ1v) is 7.32. The Hall–Kier alpha value is -1.26. The Bertz CT molecular complexity index is 522. The van der Waals surface area contributed by atoms with E-state index in [1.165, 1.54) is 32.1 Å². The van der Waals surface area contributed by atoms with Crippen LogP contribution in [0.25, 0.3) is 0 Å². The second-order valence-electron chi connectivity index (χ2n) is 5.19. The molecule has 102 valence electrons. The van der Waals surface area contributed by atoms with Crippen LogP contribution in [0.4, 0.5) is 0 Å². The molecule has 1 saturated carbocycles. The molecule has 19 heavy (non-hydrogen) atoms. The van der Waals surface area contributed by atoms with Crippen molar-refractivity contribution in [3.05, 3.63) is 35.4 Å². The summed E-state index contributed by atoms with van der Waals surface area (Å²) in [6, 6.07) is 7.35. The molecule has 1 atom stereocenters. The van der Waals surface area contributed by atoms with Crippen LogP contribution in [0.15, 0.2) is 24.3 Å². The first-order chi connectivity index (χ1) is 10.0. The Balaban J connectivity index is 2.12. The third kappa shape index (κ3) is 4.40. The highest BCUT2D eigenvalue weighted by molar-refractivity contribution is 5.38. The minimum absolute atomic E-state index is 0.284. The van der Waals surface area contributed by atoms with Gasteiger partial charge in [-0.25, -0.2) is 0 Å². The summed E-state index contributed by atoms with van der Waals surface area (Å²) in [6.07, 6.45) is 3.83. The number of aliphatic hydroxyl groups is 1. The molecule has 1 aliphatic rings. The van der Waals surface area contributed by atoms with Gasteiger partial charge in [-0.3, -0.25) is 0 Å². The first kappa shape index (κ1) is 11.6. The zero-order valence-electron chi connectivity index (χ0n) is 13.7. The molecule has 0 spiro atoms. The molecule has 0 amide bonds. The van der Waals surface area contributed by atoms with Gasteiger partial charge in [-0.15, -0.1) is 0 Å². The normalized spacial score (nSPS) is 19.9. The number of hydrogen-bond acceptors (Lipinski definition) is 1. The van der Waals surface area contributed by atoms with E-state index in [9.17, 15) is 5.11 Å². The molecule has 0 saturated heterocycles. The number of benzene rings is 1. The van der Waals surface area contributed by atoms with E-state index in [1.54, 1.807) is 13.0 Å². The smallest absolute Gasteiger partial charge is 0.0790 e. The van der Waals surface area contributed by atoms with E-state index in [2.05, 4.69) is 11.8 Å². The van der Waals surface area contributed by atoms with Crippen molar-refractivity contribution in [1.82, 2.24) is 0 Å².